The van der Waals surface area contributed by atoms with Gasteiger partial charge in [0.2, 0.25) is 5.91 Å². The summed E-state index contributed by atoms with van der Waals surface area (Å²) >= 11 is 5.69. The lowest BCUT2D eigenvalue weighted by Gasteiger charge is -2.08. The number of hydrogen-bond donors (Lipinski definition) is 2. The lowest BCUT2D eigenvalue weighted by atomic mass is 10.1. The van der Waals surface area contributed by atoms with Gasteiger partial charge >= 0.3 is 0 Å². The van der Waals surface area contributed by atoms with E-state index in [0.29, 0.717) is 6.42 Å². The summed E-state index contributed by atoms with van der Waals surface area (Å²) in [5.74, 6) is -1.42. The van der Waals surface area contributed by atoms with Gasteiger partial charge in [-0.2, -0.15) is 0 Å². The third-order valence-electron chi connectivity index (χ3n) is 2.92. The number of hydrogen-bond acceptors (Lipinski definition) is 3. The molecule has 1 aromatic heterocycles. The predicted molar refractivity (Wildman–Crippen MR) is 81.1 cm³/mol. The third kappa shape index (κ3) is 4.26. The number of aromatic nitrogens is 1. The second-order valence-corrected chi connectivity index (χ2v) is 4.96. The molecule has 114 valence electrons. The first kappa shape index (κ1) is 15.9. The molecule has 0 atom stereocenters. The zero-order chi connectivity index (χ0) is 16.1. The molecule has 2 aromatic rings. The first-order valence-electron chi connectivity index (χ1n) is 6.46. The van der Waals surface area contributed by atoms with Crippen LogP contribution in [0, 0.1) is 5.82 Å². The average Bonchev–Trinajstić information content (AvgIpc) is 2.48. The number of aryl methyl sites for hydroxylation is 1. The number of carbonyl (C=O) groups is 2. The lowest BCUT2D eigenvalue weighted by molar-refractivity contribution is -0.116. The molecular formula is C15H13ClFN3O2. The van der Waals surface area contributed by atoms with Crippen LogP contribution >= 0.6 is 11.6 Å². The molecule has 0 bridgehead atoms. The summed E-state index contributed by atoms with van der Waals surface area (Å²) in [6.07, 6.45) is 0.617. The molecule has 1 aromatic carbocycles. The number of halogens is 2. The van der Waals surface area contributed by atoms with Crippen molar-refractivity contribution < 1.29 is 14.0 Å². The van der Waals surface area contributed by atoms with Crippen molar-refractivity contribution in [1.29, 1.82) is 0 Å². The number of anilines is 1. The van der Waals surface area contributed by atoms with E-state index >= 15 is 0 Å². The van der Waals surface area contributed by atoms with E-state index in [1.165, 1.54) is 24.3 Å². The summed E-state index contributed by atoms with van der Waals surface area (Å²) in [4.78, 5) is 27.0. The molecule has 0 aliphatic rings. The molecule has 2 amide bonds. The van der Waals surface area contributed by atoms with Gasteiger partial charge in [0.25, 0.3) is 5.91 Å². The Morgan fingerprint density at radius 1 is 1.18 bits per heavy atom. The Morgan fingerprint density at radius 2 is 1.86 bits per heavy atom. The van der Waals surface area contributed by atoms with Gasteiger partial charge in [-0.1, -0.05) is 23.7 Å². The normalized spacial score (nSPS) is 10.3. The number of nitrogens with one attached hydrogen (secondary N) is 1. The van der Waals surface area contributed by atoms with Crippen molar-refractivity contribution in [3.8, 4) is 0 Å². The number of rotatable bonds is 5. The largest absolute Gasteiger partial charge is 0.364 e. The van der Waals surface area contributed by atoms with Crippen LogP contribution in [-0.2, 0) is 11.2 Å². The highest BCUT2D eigenvalue weighted by Gasteiger charge is 2.13. The van der Waals surface area contributed by atoms with Crippen molar-refractivity contribution in [3.63, 3.8) is 0 Å². The second kappa shape index (κ2) is 7.00. The van der Waals surface area contributed by atoms with Gasteiger partial charge in [-0.25, -0.2) is 9.37 Å². The van der Waals surface area contributed by atoms with E-state index in [0.717, 1.165) is 5.56 Å². The maximum absolute atomic E-state index is 12.8. The zero-order valence-corrected chi connectivity index (χ0v) is 12.2. The molecule has 7 heteroatoms. The number of nitrogens with zero attached hydrogens (tertiary/aromatic N) is 1. The number of carbonyl (C=O) groups excluding carboxylic acids is 2. The van der Waals surface area contributed by atoms with Crippen LogP contribution < -0.4 is 11.1 Å². The Morgan fingerprint density at radius 3 is 2.50 bits per heavy atom. The van der Waals surface area contributed by atoms with Crippen LogP contribution in [0.2, 0.25) is 5.15 Å². The van der Waals surface area contributed by atoms with Crippen molar-refractivity contribution >= 4 is 29.1 Å². The van der Waals surface area contributed by atoms with E-state index < -0.39 is 5.91 Å². The molecule has 22 heavy (non-hydrogen) atoms. The minimum atomic E-state index is -0.781. The molecule has 0 fully saturated rings. The first-order valence-corrected chi connectivity index (χ1v) is 6.84. The fraction of sp³-hybridized carbons (Fsp3) is 0.133. The molecule has 5 nitrogen and oxygen atoms in total. The minimum Gasteiger partial charge on any atom is -0.364 e. The van der Waals surface area contributed by atoms with Crippen LogP contribution in [0.25, 0.3) is 0 Å². The van der Waals surface area contributed by atoms with Gasteiger partial charge in [-0.3, -0.25) is 9.59 Å². The standard InChI is InChI=1S/C15H13ClFN3O2/c16-12-7-6-11(14(20-12)15(18)22)19-13(21)8-3-9-1-4-10(17)5-2-9/h1-2,4-7H,3,8H2,(H2,18,22)(H,19,21). The fourth-order valence-corrected chi connectivity index (χ4v) is 1.99. The molecule has 0 unspecified atom stereocenters. The number of pyridine rings is 1. The van der Waals surface area contributed by atoms with E-state index in [-0.39, 0.29) is 34.7 Å². The Hall–Kier alpha value is -2.47. The van der Waals surface area contributed by atoms with E-state index in [2.05, 4.69) is 10.3 Å². The molecule has 0 saturated carbocycles. The summed E-state index contributed by atoms with van der Waals surface area (Å²) in [6.45, 7) is 0. The lowest BCUT2D eigenvalue weighted by Crippen LogP contribution is -2.20. The zero-order valence-electron chi connectivity index (χ0n) is 11.5. The monoisotopic (exact) mass is 321 g/mol. The van der Waals surface area contributed by atoms with Crippen molar-refractivity contribution in [2.24, 2.45) is 5.73 Å². The maximum atomic E-state index is 12.8. The highest BCUT2D eigenvalue weighted by Crippen LogP contribution is 2.17. The first-order chi connectivity index (χ1) is 10.5. The van der Waals surface area contributed by atoms with Crippen molar-refractivity contribution in [3.05, 3.63) is 58.6 Å². The summed E-state index contributed by atoms with van der Waals surface area (Å²) < 4.78 is 12.8. The highest BCUT2D eigenvalue weighted by atomic mass is 35.5. The number of amides is 2. The van der Waals surface area contributed by atoms with Crippen LogP contribution in [0.4, 0.5) is 10.1 Å². The Labute approximate surface area is 131 Å². The van der Waals surface area contributed by atoms with Crippen molar-refractivity contribution in [1.82, 2.24) is 4.98 Å². The van der Waals surface area contributed by atoms with Gasteiger partial charge in [0.15, 0.2) is 5.69 Å². The smallest absolute Gasteiger partial charge is 0.269 e. The summed E-state index contributed by atoms with van der Waals surface area (Å²) in [5, 5.41) is 2.68. The summed E-state index contributed by atoms with van der Waals surface area (Å²) in [6, 6.07) is 8.81. The molecule has 2 rings (SSSR count). The quantitative estimate of drug-likeness (QED) is 0.830. The van der Waals surface area contributed by atoms with Crippen molar-refractivity contribution in [2.45, 2.75) is 12.8 Å². The van der Waals surface area contributed by atoms with E-state index in [9.17, 15) is 14.0 Å². The number of benzene rings is 1. The van der Waals surface area contributed by atoms with Gasteiger partial charge < -0.3 is 11.1 Å². The summed E-state index contributed by atoms with van der Waals surface area (Å²) in [7, 11) is 0. The molecule has 0 radical (unpaired) electrons. The van der Waals surface area contributed by atoms with Gasteiger partial charge in [0, 0.05) is 6.42 Å². The van der Waals surface area contributed by atoms with Crippen LogP contribution in [0.15, 0.2) is 36.4 Å². The summed E-state index contributed by atoms with van der Waals surface area (Å²) in [5.41, 5.74) is 6.14. The second-order valence-electron chi connectivity index (χ2n) is 4.57. The fourth-order valence-electron chi connectivity index (χ4n) is 1.85. The molecule has 0 spiro atoms. The number of primary amides is 1. The number of nitrogens with two attached hydrogens (primary N) is 1. The van der Waals surface area contributed by atoms with Crippen molar-refractivity contribution in [2.75, 3.05) is 5.32 Å². The van der Waals surface area contributed by atoms with Gasteiger partial charge in [-0.05, 0) is 36.2 Å². The predicted octanol–water partition coefficient (Wildman–Crippen LogP) is 2.54. The minimum absolute atomic E-state index is 0.0948. The van der Waals surface area contributed by atoms with Crippen LogP contribution in [0.1, 0.15) is 22.5 Å². The average molecular weight is 322 g/mol. The van der Waals surface area contributed by atoms with Gasteiger partial charge in [-0.15, -0.1) is 0 Å². The van der Waals surface area contributed by atoms with Gasteiger partial charge in [0.05, 0.1) is 5.69 Å². The Bertz CT molecular complexity index is 704. The van der Waals surface area contributed by atoms with Crippen LogP contribution in [0.5, 0.6) is 0 Å². The molecule has 3 N–H and O–H groups in total. The van der Waals surface area contributed by atoms with E-state index in [4.69, 9.17) is 17.3 Å². The molecule has 0 saturated heterocycles. The van der Waals surface area contributed by atoms with Crippen LogP contribution in [-0.4, -0.2) is 16.8 Å². The molecular weight excluding hydrogens is 309 g/mol. The molecule has 0 aliphatic heterocycles. The maximum Gasteiger partial charge on any atom is 0.269 e. The van der Waals surface area contributed by atoms with E-state index in [1.54, 1.807) is 12.1 Å². The molecule has 1 heterocycles. The Kier molecular flexibility index (Phi) is 5.06. The highest BCUT2D eigenvalue weighted by molar-refractivity contribution is 6.29. The van der Waals surface area contributed by atoms with E-state index in [1.807, 2.05) is 0 Å². The SMILES string of the molecule is NC(=O)c1nc(Cl)ccc1NC(=O)CCc1ccc(F)cc1. The van der Waals surface area contributed by atoms with Gasteiger partial charge in [0.1, 0.15) is 11.0 Å². The Balaban J connectivity index is 2.00. The van der Waals surface area contributed by atoms with Crippen LogP contribution in [0.3, 0.4) is 0 Å². The molecule has 0 aliphatic carbocycles. The third-order valence-corrected chi connectivity index (χ3v) is 3.13. The topological polar surface area (TPSA) is 85.1 Å².